The lowest BCUT2D eigenvalue weighted by Gasteiger charge is -2.17. The van der Waals surface area contributed by atoms with Gasteiger partial charge in [-0.1, -0.05) is 23.7 Å². The molecule has 0 unspecified atom stereocenters. The first-order valence-corrected chi connectivity index (χ1v) is 7.96. The fourth-order valence-corrected chi connectivity index (χ4v) is 3.99. The number of fused-ring (bicyclic) bond motifs is 1. The molecule has 2 aliphatic rings. The van der Waals surface area contributed by atoms with Gasteiger partial charge in [-0.05, 0) is 24.0 Å². The van der Waals surface area contributed by atoms with Crippen molar-refractivity contribution in [3.8, 4) is 0 Å². The van der Waals surface area contributed by atoms with Crippen LogP contribution in [0.25, 0.3) is 0 Å². The molecule has 2 fully saturated rings. The second kappa shape index (κ2) is 7.03. The van der Waals surface area contributed by atoms with Crippen LogP contribution in [0.4, 0.5) is 0 Å². The van der Waals surface area contributed by atoms with Crippen molar-refractivity contribution in [3.63, 3.8) is 0 Å². The summed E-state index contributed by atoms with van der Waals surface area (Å²) in [6.45, 7) is 3.96. The van der Waals surface area contributed by atoms with Crippen LogP contribution in [0.2, 0.25) is 5.02 Å². The smallest absolute Gasteiger partial charge is 0.232 e. The minimum Gasteiger partial charge on any atom is -0.341 e. The zero-order valence-corrected chi connectivity index (χ0v) is 13.4. The summed E-state index contributed by atoms with van der Waals surface area (Å²) in [5.74, 6) is 2.04. The lowest BCUT2D eigenvalue weighted by atomic mass is 10.0. The summed E-state index contributed by atoms with van der Waals surface area (Å²) < 4.78 is 0. The Morgan fingerprint density at radius 1 is 1.30 bits per heavy atom. The number of hydrogen-bond donors (Lipinski definition) is 1. The molecule has 1 amide bonds. The second-order valence-electron chi connectivity index (χ2n) is 5.20. The molecule has 2 saturated heterocycles. The third-order valence-electron chi connectivity index (χ3n) is 3.93. The fourth-order valence-electron chi connectivity index (χ4n) is 2.85. The van der Waals surface area contributed by atoms with Gasteiger partial charge in [0.2, 0.25) is 5.91 Å². The Bertz CT molecular complexity index is 474. The molecule has 3 rings (SSSR count). The molecular weight excluding hydrogens is 315 g/mol. The quantitative estimate of drug-likeness (QED) is 0.863. The highest BCUT2D eigenvalue weighted by molar-refractivity contribution is 8.00. The summed E-state index contributed by atoms with van der Waals surface area (Å²) in [4.78, 5) is 15.2. The van der Waals surface area contributed by atoms with E-state index in [9.17, 15) is 4.79 Å². The van der Waals surface area contributed by atoms with Gasteiger partial charge < -0.3 is 10.2 Å². The molecule has 1 N–H and O–H groups in total. The molecule has 0 saturated carbocycles. The van der Waals surface area contributed by atoms with E-state index in [1.165, 1.54) is 11.8 Å². The Hall–Kier alpha value is -0.420. The van der Waals surface area contributed by atoms with Crippen molar-refractivity contribution in [1.29, 1.82) is 0 Å². The molecule has 0 radical (unpaired) electrons. The van der Waals surface area contributed by atoms with Crippen LogP contribution in [0.5, 0.6) is 0 Å². The van der Waals surface area contributed by atoms with Gasteiger partial charge in [-0.25, -0.2) is 0 Å². The van der Waals surface area contributed by atoms with E-state index in [0.717, 1.165) is 36.1 Å². The molecule has 1 aromatic carbocycles. The molecule has 2 aliphatic heterocycles. The van der Waals surface area contributed by atoms with Crippen LogP contribution in [0.15, 0.2) is 29.2 Å². The van der Waals surface area contributed by atoms with E-state index >= 15 is 0 Å². The van der Waals surface area contributed by atoms with Crippen molar-refractivity contribution < 1.29 is 4.79 Å². The summed E-state index contributed by atoms with van der Waals surface area (Å²) in [6.07, 6.45) is 0. The number of nitrogens with zero attached hydrogens (tertiary/aromatic N) is 1. The summed E-state index contributed by atoms with van der Waals surface area (Å²) in [6, 6.07) is 7.68. The Balaban J connectivity index is 0.00000147. The van der Waals surface area contributed by atoms with Gasteiger partial charge in [-0.2, -0.15) is 0 Å². The highest BCUT2D eigenvalue weighted by Gasteiger charge is 2.37. The number of thioether (sulfide) groups is 1. The number of benzene rings is 1. The normalized spacial score (nSPS) is 24.4. The van der Waals surface area contributed by atoms with Crippen LogP contribution in [-0.2, 0) is 4.79 Å². The lowest BCUT2D eigenvalue weighted by molar-refractivity contribution is -0.127. The largest absolute Gasteiger partial charge is 0.341 e. The molecule has 0 bridgehead atoms. The van der Waals surface area contributed by atoms with Crippen LogP contribution in [0, 0.1) is 11.8 Å². The number of carbonyl (C=O) groups excluding carboxylic acids is 1. The van der Waals surface area contributed by atoms with Gasteiger partial charge in [-0.15, -0.1) is 24.2 Å². The summed E-state index contributed by atoms with van der Waals surface area (Å²) in [5, 5.41) is 4.11. The van der Waals surface area contributed by atoms with E-state index in [1.54, 1.807) is 0 Å². The van der Waals surface area contributed by atoms with Crippen molar-refractivity contribution in [2.45, 2.75) is 4.90 Å². The van der Waals surface area contributed by atoms with Gasteiger partial charge in [-0.3, -0.25) is 4.79 Å². The van der Waals surface area contributed by atoms with E-state index in [0.29, 0.717) is 17.6 Å². The zero-order valence-electron chi connectivity index (χ0n) is 11.0. The van der Waals surface area contributed by atoms with Crippen LogP contribution < -0.4 is 5.32 Å². The lowest BCUT2D eigenvalue weighted by Crippen LogP contribution is -2.33. The van der Waals surface area contributed by atoms with E-state index in [2.05, 4.69) is 5.32 Å². The summed E-state index contributed by atoms with van der Waals surface area (Å²) in [7, 11) is 0. The molecule has 110 valence electrons. The van der Waals surface area contributed by atoms with Gasteiger partial charge in [0.25, 0.3) is 0 Å². The highest BCUT2D eigenvalue weighted by atomic mass is 35.5. The Labute approximate surface area is 134 Å². The zero-order chi connectivity index (χ0) is 13.2. The first kappa shape index (κ1) is 16.0. The molecule has 2 heterocycles. The third kappa shape index (κ3) is 3.42. The molecular formula is C14H18Cl2N2OS. The van der Waals surface area contributed by atoms with Gasteiger partial charge in [0, 0.05) is 31.1 Å². The van der Waals surface area contributed by atoms with Crippen LogP contribution in [0.3, 0.4) is 0 Å². The molecule has 2 atom stereocenters. The van der Waals surface area contributed by atoms with Crippen molar-refractivity contribution in [3.05, 3.63) is 29.3 Å². The monoisotopic (exact) mass is 332 g/mol. The molecule has 0 aromatic heterocycles. The van der Waals surface area contributed by atoms with E-state index < -0.39 is 0 Å². The number of likely N-dealkylation sites (tertiary alicyclic amines) is 1. The van der Waals surface area contributed by atoms with Gasteiger partial charge >= 0.3 is 0 Å². The maximum Gasteiger partial charge on any atom is 0.232 e. The van der Waals surface area contributed by atoms with Crippen molar-refractivity contribution in [2.75, 3.05) is 31.9 Å². The summed E-state index contributed by atoms with van der Waals surface area (Å²) in [5.41, 5.74) is 0. The predicted octanol–water partition coefficient (Wildman–Crippen LogP) is 2.53. The number of nitrogens with one attached hydrogen (secondary N) is 1. The van der Waals surface area contributed by atoms with E-state index in [4.69, 9.17) is 11.6 Å². The second-order valence-corrected chi connectivity index (χ2v) is 6.62. The highest BCUT2D eigenvalue weighted by Crippen LogP contribution is 2.29. The number of halogens is 2. The molecule has 1 aromatic rings. The minimum absolute atomic E-state index is 0. The van der Waals surface area contributed by atoms with Crippen molar-refractivity contribution in [2.24, 2.45) is 11.8 Å². The first-order valence-electron chi connectivity index (χ1n) is 6.60. The number of hydrogen-bond acceptors (Lipinski definition) is 3. The average molecular weight is 333 g/mol. The average Bonchev–Trinajstić information content (AvgIpc) is 2.98. The van der Waals surface area contributed by atoms with Gasteiger partial charge in [0.1, 0.15) is 0 Å². The van der Waals surface area contributed by atoms with Crippen molar-refractivity contribution in [1.82, 2.24) is 10.2 Å². The van der Waals surface area contributed by atoms with Gasteiger partial charge in [0.05, 0.1) is 10.8 Å². The number of amides is 1. The molecule has 0 spiro atoms. The van der Waals surface area contributed by atoms with E-state index in [1.807, 2.05) is 29.2 Å². The number of rotatable bonds is 3. The van der Waals surface area contributed by atoms with Crippen LogP contribution in [-0.4, -0.2) is 42.7 Å². The van der Waals surface area contributed by atoms with Crippen molar-refractivity contribution >= 4 is 41.7 Å². The van der Waals surface area contributed by atoms with E-state index in [-0.39, 0.29) is 18.3 Å². The first-order chi connectivity index (χ1) is 9.24. The summed E-state index contributed by atoms with van der Waals surface area (Å²) >= 11 is 7.62. The third-order valence-corrected chi connectivity index (χ3v) is 5.43. The van der Waals surface area contributed by atoms with Crippen LogP contribution >= 0.6 is 35.8 Å². The number of carbonyl (C=O) groups is 1. The standard InChI is InChI=1S/C14H17ClN2OS.ClH/c15-12-3-1-2-4-13(12)19-9-14(18)17-7-10-5-16-6-11(10)8-17;/h1-4,10-11,16H,5-9H2;1H/t10-,11+;. The van der Waals surface area contributed by atoms with Crippen LogP contribution in [0.1, 0.15) is 0 Å². The predicted molar refractivity (Wildman–Crippen MR) is 85.9 cm³/mol. The Kier molecular flexibility index (Phi) is 5.61. The molecule has 0 aliphatic carbocycles. The SMILES string of the molecule is Cl.O=C(CSc1ccccc1Cl)N1C[C@H]2CNC[C@H]2C1. The maximum atomic E-state index is 12.2. The molecule has 6 heteroatoms. The Morgan fingerprint density at radius 3 is 2.60 bits per heavy atom. The van der Waals surface area contributed by atoms with Gasteiger partial charge in [0.15, 0.2) is 0 Å². The molecule has 20 heavy (non-hydrogen) atoms. The Morgan fingerprint density at radius 2 is 1.95 bits per heavy atom. The minimum atomic E-state index is 0. The fraction of sp³-hybridized carbons (Fsp3) is 0.500. The topological polar surface area (TPSA) is 32.3 Å². The maximum absolute atomic E-state index is 12.2. The molecule has 3 nitrogen and oxygen atoms in total.